The number of imidazole rings is 1. The molecule has 1 saturated heterocycles. The highest BCUT2D eigenvalue weighted by molar-refractivity contribution is 6.03. The van der Waals surface area contributed by atoms with E-state index < -0.39 is 5.91 Å². The Bertz CT molecular complexity index is 599. The van der Waals surface area contributed by atoms with Gasteiger partial charge in [0.2, 0.25) is 0 Å². The highest BCUT2D eigenvalue weighted by Gasteiger charge is 2.14. The van der Waals surface area contributed by atoms with Crippen LogP contribution >= 0.6 is 0 Å². The standard InChI is InChI=1S/C14H18N4O/c15-14(19)10-4-3-5-11-13(10)17-12(16-11)6-9-18-7-1-2-8-18/h3-5H,1-2,6-9H2,(H2,15,19)(H,16,17). The maximum Gasteiger partial charge on any atom is 0.250 e. The first kappa shape index (κ1) is 12.2. The van der Waals surface area contributed by atoms with Crippen LogP contribution in [-0.4, -0.2) is 40.4 Å². The van der Waals surface area contributed by atoms with Gasteiger partial charge in [-0.3, -0.25) is 4.79 Å². The Kier molecular flexibility index (Phi) is 3.21. The lowest BCUT2D eigenvalue weighted by atomic mass is 10.2. The van der Waals surface area contributed by atoms with Crippen molar-refractivity contribution >= 4 is 16.9 Å². The van der Waals surface area contributed by atoms with Crippen LogP contribution in [0.4, 0.5) is 0 Å². The van der Waals surface area contributed by atoms with E-state index in [0.29, 0.717) is 11.1 Å². The summed E-state index contributed by atoms with van der Waals surface area (Å²) in [5, 5.41) is 0. The summed E-state index contributed by atoms with van der Waals surface area (Å²) >= 11 is 0. The number of H-pyrrole nitrogens is 1. The molecular weight excluding hydrogens is 240 g/mol. The number of amides is 1. The van der Waals surface area contributed by atoms with Crippen LogP contribution < -0.4 is 5.73 Å². The zero-order valence-corrected chi connectivity index (χ0v) is 10.9. The first-order valence-corrected chi connectivity index (χ1v) is 6.74. The quantitative estimate of drug-likeness (QED) is 0.868. The predicted octanol–water partition coefficient (Wildman–Crippen LogP) is 1.30. The molecule has 1 aromatic carbocycles. The van der Waals surface area contributed by atoms with Crippen LogP contribution in [0.5, 0.6) is 0 Å². The van der Waals surface area contributed by atoms with Crippen molar-refractivity contribution < 1.29 is 4.79 Å². The second-order valence-corrected chi connectivity index (χ2v) is 5.05. The molecule has 1 fully saturated rings. The molecule has 0 atom stereocenters. The molecular formula is C14H18N4O. The number of hydrogen-bond acceptors (Lipinski definition) is 3. The molecule has 0 radical (unpaired) electrons. The van der Waals surface area contributed by atoms with Gasteiger partial charge in [0.05, 0.1) is 11.1 Å². The molecule has 0 spiro atoms. The van der Waals surface area contributed by atoms with Gasteiger partial charge < -0.3 is 15.6 Å². The van der Waals surface area contributed by atoms with Crippen LogP contribution in [0.15, 0.2) is 18.2 Å². The number of carbonyl (C=O) groups excluding carboxylic acids is 1. The fraction of sp³-hybridized carbons (Fsp3) is 0.429. The van der Waals surface area contributed by atoms with Gasteiger partial charge in [-0.05, 0) is 38.1 Å². The maximum absolute atomic E-state index is 11.4. The lowest BCUT2D eigenvalue weighted by molar-refractivity contribution is 0.100. The summed E-state index contributed by atoms with van der Waals surface area (Å²) in [6.07, 6.45) is 3.48. The molecule has 1 aliphatic heterocycles. The Morgan fingerprint density at radius 3 is 2.89 bits per heavy atom. The zero-order valence-electron chi connectivity index (χ0n) is 10.9. The molecule has 2 heterocycles. The van der Waals surface area contributed by atoms with Crippen molar-refractivity contribution in [3.05, 3.63) is 29.6 Å². The van der Waals surface area contributed by atoms with E-state index in [-0.39, 0.29) is 0 Å². The number of para-hydroxylation sites is 1. The molecule has 1 aliphatic rings. The third-order valence-corrected chi connectivity index (χ3v) is 3.69. The zero-order chi connectivity index (χ0) is 13.2. The molecule has 19 heavy (non-hydrogen) atoms. The summed E-state index contributed by atoms with van der Waals surface area (Å²) in [6.45, 7) is 3.39. The number of benzene rings is 1. The van der Waals surface area contributed by atoms with Gasteiger partial charge >= 0.3 is 0 Å². The lowest BCUT2D eigenvalue weighted by Crippen LogP contribution is -2.22. The normalized spacial score (nSPS) is 16.2. The van der Waals surface area contributed by atoms with Crippen molar-refractivity contribution in [3.63, 3.8) is 0 Å². The number of carbonyl (C=O) groups is 1. The molecule has 0 saturated carbocycles. The monoisotopic (exact) mass is 258 g/mol. The van der Waals surface area contributed by atoms with Crippen LogP contribution in [0.1, 0.15) is 29.0 Å². The molecule has 3 N–H and O–H groups in total. The number of likely N-dealkylation sites (tertiary alicyclic amines) is 1. The van der Waals surface area contributed by atoms with E-state index in [9.17, 15) is 4.79 Å². The van der Waals surface area contributed by atoms with Crippen LogP contribution in [0, 0.1) is 0 Å². The van der Waals surface area contributed by atoms with Gasteiger partial charge in [-0.2, -0.15) is 0 Å². The second-order valence-electron chi connectivity index (χ2n) is 5.05. The van der Waals surface area contributed by atoms with Crippen LogP contribution in [-0.2, 0) is 6.42 Å². The number of rotatable bonds is 4. The molecule has 0 unspecified atom stereocenters. The van der Waals surface area contributed by atoms with Crippen molar-refractivity contribution in [1.82, 2.24) is 14.9 Å². The summed E-state index contributed by atoms with van der Waals surface area (Å²) < 4.78 is 0. The topological polar surface area (TPSA) is 75.0 Å². The largest absolute Gasteiger partial charge is 0.366 e. The number of fused-ring (bicyclic) bond motifs is 1. The molecule has 100 valence electrons. The average molecular weight is 258 g/mol. The van der Waals surface area contributed by atoms with Gasteiger partial charge in [-0.15, -0.1) is 0 Å². The Balaban J connectivity index is 1.80. The highest BCUT2D eigenvalue weighted by Crippen LogP contribution is 2.17. The van der Waals surface area contributed by atoms with E-state index >= 15 is 0 Å². The molecule has 0 bridgehead atoms. The van der Waals surface area contributed by atoms with E-state index in [4.69, 9.17) is 5.73 Å². The Morgan fingerprint density at radius 1 is 1.37 bits per heavy atom. The molecule has 0 aliphatic carbocycles. The van der Waals surface area contributed by atoms with Crippen LogP contribution in [0.3, 0.4) is 0 Å². The minimum absolute atomic E-state index is 0.428. The van der Waals surface area contributed by atoms with Gasteiger partial charge in [-0.1, -0.05) is 6.07 Å². The Hall–Kier alpha value is -1.88. The van der Waals surface area contributed by atoms with E-state index in [1.807, 2.05) is 12.1 Å². The Morgan fingerprint density at radius 2 is 2.16 bits per heavy atom. The SMILES string of the molecule is NC(=O)c1cccc2[nH]c(CCN3CCCC3)nc12. The number of nitrogens with two attached hydrogens (primary N) is 1. The summed E-state index contributed by atoms with van der Waals surface area (Å²) in [7, 11) is 0. The second kappa shape index (κ2) is 5.01. The van der Waals surface area contributed by atoms with Crippen LogP contribution in [0.2, 0.25) is 0 Å². The fourth-order valence-electron chi connectivity index (χ4n) is 2.67. The van der Waals surface area contributed by atoms with Crippen molar-refractivity contribution in [2.45, 2.75) is 19.3 Å². The average Bonchev–Trinajstić information content (AvgIpc) is 3.04. The number of aromatic nitrogens is 2. The lowest BCUT2D eigenvalue weighted by Gasteiger charge is -2.12. The smallest absolute Gasteiger partial charge is 0.250 e. The molecule has 5 heteroatoms. The van der Waals surface area contributed by atoms with Gasteiger partial charge in [0.15, 0.2) is 0 Å². The minimum atomic E-state index is -0.428. The summed E-state index contributed by atoms with van der Waals surface area (Å²) in [6, 6.07) is 5.47. The number of aromatic amines is 1. The third-order valence-electron chi connectivity index (χ3n) is 3.69. The maximum atomic E-state index is 11.4. The molecule has 1 amide bonds. The summed E-state index contributed by atoms with van der Waals surface area (Å²) in [5.41, 5.74) is 7.42. The minimum Gasteiger partial charge on any atom is -0.366 e. The summed E-state index contributed by atoms with van der Waals surface area (Å²) in [4.78, 5) is 21.6. The first-order chi connectivity index (χ1) is 9.24. The van der Waals surface area contributed by atoms with Crippen molar-refractivity contribution in [2.24, 2.45) is 5.73 Å². The molecule has 2 aromatic rings. The number of nitrogens with one attached hydrogen (secondary N) is 1. The van der Waals surface area contributed by atoms with Gasteiger partial charge in [0, 0.05) is 13.0 Å². The molecule has 5 nitrogen and oxygen atoms in total. The molecule has 3 rings (SSSR count). The van der Waals surface area contributed by atoms with E-state index in [2.05, 4.69) is 14.9 Å². The van der Waals surface area contributed by atoms with Crippen molar-refractivity contribution in [2.75, 3.05) is 19.6 Å². The van der Waals surface area contributed by atoms with Gasteiger partial charge in [0.25, 0.3) is 5.91 Å². The number of primary amides is 1. The predicted molar refractivity (Wildman–Crippen MR) is 74.0 cm³/mol. The van der Waals surface area contributed by atoms with Crippen molar-refractivity contribution in [3.8, 4) is 0 Å². The highest BCUT2D eigenvalue weighted by atomic mass is 16.1. The van der Waals surface area contributed by atoms with Crippen LogP contribution in [0.25, 0.3) is 11.0 Å². The fourth-order valence-corrected chi connectivity index (χ4v) is 2.67. The van der Waals surface area contributed by atoms with Gasteiger partial charge in [0.1, 0.15) is 11.3 Å². The molecule has 1 aromatic heterocycles. The first-order valence-electron chi connectivity index (χ1n) is 6.74. The van der Waals surface area contributed by atoms with E-state index in [1.54, 1.807) is 6.07 Å². The van der Waals surface area contributed by atoms with E-state index in [0.717, 1.165) is 24.3 Å². The Labute approximate surface area is 111 Å². The number of hydrogen-bond donors (Lipinski definition) is 2. The summed E-state index contributed by atoms with van der Waals surface area (Å²) in [5.74, 6) is 0.499. The van der Waals surface area contributed by atoms with E-state index in [1.165, 1.54) is 25.9 Å². The van der Waals surface area contributed by atoms with Gasteiger partial charge in [-0.25, -0.2) is 4.98 Å². The number of nitrogens with zero attached hydrogens (tertiary/aromatic N) is 2. The third kappa shape index (κ3) is 2.46. The van der Waals surface area contributed by atoms with Crippen molar-refractivity contribution in [1.29, 1.82) is 0 Å².